The summed E-state index contributed by atoms with van der Waals surface area (Å²) in [5, 5.41) is 15.3. The summed E-state index contributed by atoms with van der Waals surface area (Å²) < 4.78 is 13.1. The normalized spacial score (nSPS) is 18.4. The molecular weight excluding hydrogens is 287 g/mol. The molecule has 1 aliphatic heterocycles. The van der Waals surface area contributed by atoms with E-state index >= 15 is 0 Å². The molecule has 0 spiro atoms. The molecular formula is C15H21FN4O2. The fraction of sp³-hybridized carbons (Fsp3) is 0.467. The third kappa shape index (κ3) is 4.70. The summed E-state index contributed by atoms with van der Waals surface area (Å²) in [6, 6.07) is 5.72. The molecule has 7 heteroatoms. The van der Waals surface area contributed by atoms with Crippen molar-refractivity contribution in [2.75, 3.05) is 31.5 Å². The Bertz CT molecular complexity index is 550. The molecule has 2 rings (SSSR count). The predicted octanol–water partition coefficient (Wildman–Crippen LogP) is 0.796. The summed E-state index contributed by atoms with van der Waals surface area (Å²) >= 11 is 0. The smallest absolute Gasteiger partial charge is 0.246 e. The number of rotatable bonds is 4. The highest BCUT2D eigenvalue weighted by Gasteiger charge is 2.22. The average Bonchev–Trinajstić information content (AvgIpc) is 2.90. The molecule has 1 aliphatic rings. The molecule has 3 N–H and O–H groups in total. The summed E-state index contributed by atoms with van der Waals surface area (Å²) in [4.78, 5) is 18.1. The first-order chi connectivity index (χ1) is 10.6. The van der Waals surface area contributed by atoms with Crippen LogP contribution in [0.15, 0.2) is 29.3 Å². The van der Waals surface area contributed by atoms with Gasteiger partial charge in [-0.15, -0.1) is 0 Å². The molecule has 1 saturated heterocycles. The van der Waals surface area contributed by atoms with Gasteiger partial charge in [-0.05, 0) is 31.5 Å². The van der Waals surface area contributed by atoms with E-state index in [0.29, 0.717) is 37.7 Å². The maximum absolute atomic E-state index is 13.1. The number of likely N-dealkylation sites (tertiary alicyclic amines) is 1. The molecule has 0 aliphatic carbocycles. The zero-order valence-electron chi connectivity index (χ0n) is 12.6. The number of carbonyl (C=O) groups excluding carboxylic acids is 1. The monoisotopic (exact) mass is 308 g/mol. The Hall–Kier alpha value is -2.15. The number of β-amino-alcohol motifs (C(OH)–C–C–N with tert-alkyl or cyclic N) is 1. The Morgan fingerprint density at radius 2 is 2.36 bits per heavy atom. The number of aliphatic hydroxyl groups is 1. The minimum Gasteiger partial charge on any atom is -0.391 e. The Morgan fingerprint density at radius 1 is 1.55 bits per heavy atom. The zero-order valence-corrected chi connectivity index (χ0v) is 12.6. The number of amides is 1. The van der Waals surface area contributed by atoms with Crippen LogP contribution >= 0.6 is 0 Å². The summed E-state index contributed by atoms with van der Waals surface area (Å²) in [6.45, 7) is 3.77. The van der Waals surface area contributed by atoms with Gasteiger partial charge < -0.3 is 20.6 Å². The van der Waals surface area contributed by atoms with Crippen LogP contribution in [0.4, 0.5) is 10.1 Å². The van der Waals surface area contributed by atoms with Crippen LogP contribution in [0.25, 0.3) is 0 Å². The molecule has 6 nitrogen and oxygen atoms in total. The van der Waals surface area contributed by atoms with E-state index in [0.717, 1.165) is 0 Å². The van der Waals surface area contributed by atoms with E-state index < -0.39 is 5.82 Å². The van der Waals surface area contributed by atoms with Crippen LogP contribution in [0, 0.1) is 5.82 Å². The van der Waals surface area contributed by atoms with Crippen molar-refractivity contribution >= 4 is 17.6 Å². The molecule has 0 unspecified atom stereocenters. The lowest BCUT2D eigenvalue weighted by molar-refractivity contribution is -0.114. The first-order valence-electron chi connectivity index (χ1n) is 7.35. The molecule has 1 aromatic rings. The Balaban J connectivity index is 1.93. The quantitative estimate of drug-likeness (QED) is 0.568. The van der Waals surface area contributed by atoms with Crippen molar-refractivity contribution in [3.63, 3.8) is 0 Å². The van der Waals surface area contributed by atoms with Crippen LogP contribution in [-0.2, 0) is 4.79 Å². The van der Waals surface area contributed by atoms with Crippen LogP contribution in [0.3, 0.4) is 0 Å². The van der Waals surface area contributed by atoms with E-state index in [1.807, 2.05) is 11.8 Å². The zero-order chi connectivity index (χ0) is 15.9. The lowest BCUT2D eigenvalue weighted by Crippen LogP contribution is -2.41. The number of hydrogen-bond donors (Lipinski definition) is 3. The average molecular weight is 308 g/mol. The summed E-state index contributed by atoms with van der Waals surface area (Å²) in [6.07, 6.45) is 0.338. The highest BCUT2D eigenvalue weighted by molar-refractivity contribution is 5.94. The van der Waals surface area contributed by atoms with Gasteiger partial charge in [0.05, 0.1) is 6.10 Å². The van der Waals surface area contributed by atoms with E-state index in [2.05, 4.69) is 15.6 Å². The summed E-state index contributed by atoms with van der Waals surface area (Å²) in [7, 11) is 0. The molecule has 22 heavy (non-hydrogen) atoms. The minimum absolute atomic E-state index is 0.0640. The van der Waals surface area contributed by atoms with Crippen molar-refractivity contribution in [2.45, 2.75) is 19.4 Å². The second kappa shape index (κ2) is 7.74. The van der Waals surface area contributed by atoms with Crippen molar-refractivity contribution in [1.29, 1.82) is 0 Å². The standard InChI is InChI=1S/C15H21FN4O2/c1-2-17-15(20-7-6-13(21)10-20)18-9-14(22)19-12-5-3-4-11(16)8-12/h3-5,8,13,21H,2,6-7,9-10H2,1H3,(H,17,18)(H,19,22)/t13-/m1/s1. The van der Waals surface area contributed by atoms with Gasteiger partial charge in [0.25, 0.3) is 0 Å². The van der Waals surface area contributed by atoms with Gasteiger partial charge in [-0.25, -0.2) is 9.38 Å². The number of aliphatic hydroxyl groups excluding tert-OH is 1. The van der Waals surface area contributed by atoms with Crippen molar-refractivity contribution in [1.82, 2.24) is 10.2 Å². The van der Waals surface area contributed by atoms with Gasteiger partial charge in [0.1, 0.15) is 12.4 Å². The van der Waals surface area contributed by atoms with Gasteiger partial charge in [-0.3, -0.25) is 4.79 Å². The van der Waals surface area contributed by atoms with Crippen LogP contribution in [0.1, 0.15) is 13.3 Å². The van der Waals surface area contributed by atoms with Crippen molar-refractivity contribution in [3.8, 4) is 0 Å². The van der Waals surface area contributed by atoms with Crippen molar-refractivity contribution < 1.29 is 14.3 Å². The van der Waals surface area contributed by atoms with Crippen molar-refractivity contribution in [3.05, 3.63) is 30.1 Å². The molecule has 0 radical (unpaired) electrons. The van der Waals surface area contributed by atoms with Gasteiger partial charge in [0.15, 0.2) is 5.96 Å². The second-order valence-corrected chi connectivity index (χ2v) is 5.12. The van der Waals surface area contributed by atoms with Gasteiger partial charge >= 0.3 is 0 Å². The lowest BCUT2D eigenvalue weighted by Gasteiger charge is -2.20. The van der Waals surface area contributed by atoms with E-state index in [-0.39, 0.29) is 18.6 Å². The maximum atomic E-state index is 13.1. The van der Waals surface area contributed by atoms with E-state index in [1.165, 1.54) is 18.2 Å². The number of aliphatic imine (C=N–C) groups is 1. The van der Waals surface area contributed by atoms with E-state index in [9.17, 15) is 14.3 Å². The number of hydrogen-bond acceptors (Lipinski definition) is 3. The van der Waals surface area contributed by atoms with Gasteiger partial charge in [0.2, 0.25) is 5.91 Å². The van der Waals surface area contributed by atoms with Gasteiger partial charge in [-0.2, -0.15) is 0 Å². The molecule has 0 saturated carbocycles. The predicted molar refractivity (Wildman–Crippen MR) is 83.2 cm³/mol. The molecule has 120 valence electrons. The second-order valence-electron chi connectivity index (χ2n) is 5.12. The van der Waals surface area contributed by atoms with E-state index in [1.54, 1.807) is 6.07 Å². The van der Waals surface area contributed by atoms with Crippen molar-refractivity contribution in [2.24, 2.45) is 4.99 Å². The molecule has 0 aromatic heterocycles. The number of nitrogens with zero attached hydrogens (tertiary/aromatic N) is 2. The van der Waals surface area contributed by atoms with Crippen LogP contribution in [0.5, 0.6) is 0 Å². The van der Waals surface area contributed by atoms with Crippen LogP contribution < -0.4 is 10.6 Å². The number of nitrogens with one attached hydrogen (secondary N) is 2. The number of halogens is 1. The first kappa shape index (κ1) is 16.2. The number of benzene rings is 1. The third-order valence-corrected chi connectivity index (χ3v) is 3.28. The Kier molecular flexibility index (Phi) is 5.71. The highest BCUT2D eigenvalue weighted by Crippen LogP contribution is 2.10. The Labute approximate surface area is 129 Å². The van der Waals surface area contributed by atoms with Crippen LogP contribution in [-0.4, -0.2) is 54.2 Å². The molecule has 1 aromatic carbocycles. The molecule has 1 heterocycles. The van der Waals surface area contributed by atoms with E-state index in [4.69, 9.17) is 0 Å². The Morgan fingerprint density at radius 3 is 3.00 bits per heavy atom. The largest absolute Gasteiger partial charge is 0.391 e. The summed E-state index contributed by atoms with van der Waals surface area (Å²) in [5.74, 6) is -0.116. The van der Waals surface area contributed by atoms with Gasteiger partial charge in [-0.1, -0.05) is 6.07 Å². The number of anilines is 1. The fourth-order valence-electron chi connectivity index (χ4n) is 2.27. The first-order valence-corrected chi connectivity index (χ1v) is 7.35. The fourth-order valence-corrected chi connectivity index (χ4v) is 2.27. The number of carbonyl (C=O) groups is 1. The summed E-state index contributed by atoms with van der Waals surface area (Å²) in [5.41, 5.74) is 0.404. The molecule has 1 atom stereocenters. The topological polar surface area (TPSA) is 77.0 Å². The number of guanidine groups is 1. The molecule has 1 fully saturated rings. The molecule has 0 bridgehead atoms. The third-order valence-electron chi connectivity index (χ3n) is 3.28. The SMILES string of the molecule is CCNC(=NCC(=O)Nc1cccc(F)c1)N1CC[C@@H](O)C1. The highest BCUT2D eigenvalue weighted by atomic mass is 19.1. The van der Waals surface area contributed by atoms with Gasteiger partial charge in [0, 0.05) is 25.3 Å². The molecule has 1 amide bonds. The lowest BCUT2D eigenvalue weighted by atomic mass is 10.3. The van der Waals surface area contributed by atoms with Crippen LogP contribution in [0.2, 0.25) is 0 Å². The maximum Gasteiger partial charge on any atom is 0.246 e. The minimum atomic E-state index is -0.402.